The van der Waals surface area contributed by atoms with Gasteiger partial charge in [0, 0.05) is 22.3 Å². The Morgan fingerprint density at radius 1 is 0.943 bits per heavy atom. The molecule has 1 N–H and O–H groups in total. The van der Waals surface area contributed by atoms with Gasteiger partial charge in [-0.2, -0.15) is 0 Å². The molecule has 178 valence electrons. The van der Waals surface area contributed by atoms with Crippen LogP contribution in [-0.4, -0.2) is 40.3 Å². The van der Waals surface area contributed by atoms with E-state index in [1.807, 2.05) is 30.3 Å². The number of hydrogen-bond donors (Lipinski definition) is 1. The number of anilines is 2. The molecule has 2 aromatic carbocycles. The average molecular weight is 493 g/mol. The monoisotopic (exact) mass is 492 g/mol. The number of rotatable bonds is 8. The van der Waals surface area contributed by atoms with Crippen molar-refractivity contribution in [2.45, 2.75) is 13.8 Å². The molecule has 9 nitrogen and oxygen atoms in total. The Morgan fingerprint density at radius 3 is 2.31 bits per heavy atom. The van der Waals surface area contributed by atoms with Crippen LogP contribution in [0.3, 0.4) is 0 Å². The highest BCUT2D eigenvalue weighted by Gasteiger charge is 2.27. The number of aromatic nitrogens is 3. The minimum absolute atomic E-state index is 0.0448. The number of nitrogens with one attached hydrogen (secondary N) is 1. The Bertz CT molecular complexity index is 1340. The largest absolute Gasteiger partial charge is 0.462 e. The first-order valence-electron chi connectivity index (χ1n) is 10.8. The van der Waals surface area contributed by atoms with Crippen LogP contribution >= 0.6 is 11.6 Å². The molecular formula is C25H21ClN4O5. The van der Waals surface area contributed by atoms with E-state index in [-0.39, 0.29) is 41.7 Å². The summed E-state index contributed by atoms with van der Waals surface area (Å²) in [5, 5.41) is 7.52. The van der Waals surface area contributed by atoms with Gasteiger partial charge in [-0.05, 0) is 26.0 Å². The van der Waals surface area contributed by atoms with Crippen molar-refractivity contribution in [3.8, 4) is 22.6 Å². The number of ether oxygens (including phenoxy) is 2. The normalized spacial score (nSPS) is 10.6. The molecule has 0 spiro atoms. The van der Waals surface area contributed by atoms with Crippen LogP contribution in [-0.2, 0) is 9.47 Å². The standard InChI is InChI=1S/C25H21ClN4O5/c1-3-33-24(31)18-14-27-21(16-8-6-5-7-9-16)28-22(18)29-23-19(25(32)34-4-2)20(30-35-23)15-10-12-17(26)13-11-15/h5-14H,3-4H2,1-2H3,(H,27,28,29). The Morgan fingerprint density at radius 2 is 1.63 bits per heavy atom. The number of hydrogen-bond acceptors (Lipinski definition) is 9. The fraction of sp³-hybridized carbons (Fsp3) is 0.160. The van der Waals surface area contributed by atoms with Gasteiger partial charge in [0.2, 0.25) is 5.88 Å². The van der Waals surface area contributed by atoms with Crippen molar-refractivity contribution in [2.75, 3.05) is 18.5 Å². The maximum Gasteiger partial charge on any atom is 0.346 e. The molecule has 0 aliphatic carbocycles. The van der Waals surface area contributed by atoms with Crippen LogP contribution < -0.4 is 5.32 Å². The first kappa shape index (κ1) is 23.9. The topological polar surface area (TPSA) is 116 Å². The Labute approximate surface area is 206 Å². The van der Waals surface area contributed by atoms with E-state index in [0.29, 0.717) is 16.4 Å². The molecule has 4 rings (SSSR count). The zero-order valence-electron chi connectivity index (χ0n) is 18.9. The molecular weight excluding hydrogens is 472 g/mol. The van der Waals surface area contributed by atoms with E-state index in [4.69, 9.17) is 25.6 Å². The summed E-state index contributed by atoms with van der Waals surface area (Å²) in [6.07, 6.45) is 1.36. The quantitative estimate of drug-likeness (QED) is 0.316. The Hall–Kier alpha value is -4.24. The summed E-state index contributed by atoms with van der Waals surface area (Å²) in [6, 6.07) is 16.0. The van der Waals surface area contributed by atoms with Crippen LogP contribution in [0.4, 0.5) is 11.7 Å². The molecule has 2 heterocycles. The van der Waals surface area contributed by atoms with Crippen molar-refractivity contribution < 1.29 is 23.6 Å². The SMILES string of the molecule is CCOC(=O)c1cnc(-c2ccccc2)nc1Nc1onc(-c2ccc(Cl)cc2)c1C(=O)OCC. The number of benzene rings is 2. The molecule has 0 atom stereocenters. The van der Waals surface area contributed by atoms with Gasteiger partial charge in [-0.3, -0.25) is 0 Å². The van der Waals surface area contributed by atoms with Crippen LogP contribution in [0.5, 0.6) is 0 Å². The summed E-state index contributed by atoms with van der Waals surface area (Å²) in [5.74, 6) is -0.893. The third kappa shape index (κ3) is 5.30. The van der Waals surface area contributed by atoms with Gasteiger partial charge in [0.25, 0.3) is 0 Å². The van der Waals surface area contributed by atoms with Gasteiger partial charge < -0.3 is 19.3 Å². The molecule has 4 aromatic rings. The van der Waals surface area contributed by atoms with Gasteiger partial charge in [-0.15, -0.1) is 0 Å². The number of carbonyl (C=O) groups is 2. The summed E-state index contributed by atoms with van der Waals surface area (Å²) >= 11 is 6.00. The number of halogens is 1. The molecule has 0 saturated heterocycles. The van der Waals surface area contributed by atoms with Crippen LogP contribution in [0, 0.1) is 0 Å². The van der Waals surface area contributed by atoms with Crippen molar-refractivity contribution in [1.29, 1.82) is 0 Å². The van der Waals surface area contributed by atoms with Gasteiger partial charge in [0.05, 0.1) is 13.2 Å². The van der Waals surface area contributed by atoms with Crippen molar-refractivity contribution in [3.05, 3.63) is 76.9 Å². The zero-order chi connectivity index (χ0) is 24.8. The highest BCUT2D eigenvalue weighted by Crippen LogP contribution is 2.33. The molecule has 35 heavy (non-hydrogen) atoms. The third-order valence-corrected chi connectivity index (χ3v) is 5.09. The van der Waals surface area contributed by atoms with E-state index in [2.05, 4.69) is 20.4 Å². The first-order chi connectivity index (χ1) is 17.0. The lowest BCUT2D eigenvalue weighted by Crippen LogP contribution is -2.12. The predicted octanol–water partition coefficient (Wildman–Crippen LogP) is 5.55. The highest BCUT2D eigenvalue weighted by molar-refractivity contribution is 6.30. The summed E-state index contributed by atoms with van der Waals surface area (Å²) in [5.41, 5.74) is 1.68. The second kappa shape index (κ2) is 10.8. The van der Waals surface area contributed by atoms with Crippen LogP contribution in [0.2, 0.25) is 5.02 Å². The van der Waals surface area contributed by atoms with E-state index in [0.717, 1.165) is 5.56 Å². The average Bonchev–Trinajstić information content (AvgIpc) is 3.29. The molecule has 0 aliphatic rings. The van der Waals surface area contributed by atoms with Crippen molar-refractivity contribution in [2.24, 2.45) is 0 Å². The van der Waals surface area contributed by atoms with E-state index in [9.17, 15) is 9.59 Å². The molecule has 0 unspecified atom stereocenters. The fourth-order valence-electron chi connectivity index (χ4n) is 3.24. The van der Waals surface area contributed by atoms with Gasteiger partial charge >= 0.3 is 11.9 Å². The van der Waals surface area contributed by atoms with Crippen molar-refractivity contribution >= 4 is 35.2 Å². The van der Waals surface area contributed by atoms with Crippen molar-refractivity contribution in [1.82, 2.24) is 15.1 Å². The van der Waals surface area contributed by atoms with E-state index >= 15 is 0 Å². The van der Waals surface area contributed by atoms with Gasteiger partial charge in [-0.1, -0.05) is 59.2 Å². The van der Waals surface area contributed by atoms with Gasteiger partial charge in [0.15, 0.2) is 17.2 Å². The van der Waals surface area contributed by atoms with Crippen LogP contribution in [0.1, 0.15) is 34.6 Å². The predicted molar refractivity (Wildman–Crippen MR) is 130 cm³/mol. The zero-order valence-corrected chi connectivity index (χ0v) is 19.7. The second-order valence-electron chi connectivity index (χ2n) is 7.13. The molecule has 10 heteroatoms. The maximum atomic E-state index is 12.9. The van der Waals surface area contributed by atoms with Gasteiger partial charge in [-0.25, -0.2) is 19.6 Å². The highest BCUT2D eigenvalue weighted by atomic mass is 35.5. The molecule has 0 radical (unpaired) electrons. The molecule has 0 fully saturated rings. The number of nitrogens with zero attached hydrogens (tertiary/aromatic N) is 3. The third-order valence-electron chi connectivity index (χ3n) is 4.84. The van der Waals surface area contributed by atoms with Crippen LogP contribution in [0.25, 0.3) is 22.6 Å². The number of carbonyl (C=O) groups excluding carboxylic acids is 2. The fourth-order valence-corrected chi connectivity index (χ4v) is 3.37. The molecule has 0 bridgehead atoms. The Balaban J connectivity index is 1.81. The van der Waals surface area contributed by atoms with Gasteiger partial charge in [0.1, 0.15) is 11.3 Å². The second-order valence-corrected chi connectivity index (χ2v) is 7.57. The lowest BCUT2D eigenvalue weighted by Gasteiger charge is -2.11. The minimum Gasteiger partial charge on any atom is -0.462 e. The van der Waals surface area contributed by atoms with E-state index in [1.54, 1.807) is 38.1 Å². The summed E-state index contributed by atoms with van der Waals surface area (Å²) in [4.78, 5) is 34.3. The lowest BCUT2D eigenvalue weighted by molar-refractivity contribution is 0.0518. The molecule has 0 aliphatic heterocycles. The van der Waals surface area contributed by atoms with Crippen molar-refractivity contribution in [3.63, 3.8) is 0 Å². The number of esters is 2. The lowest BCUT2D eigenvalue weighted by atomic mass is 10.1. The molecule has 2 aromatic heterocycles. The smallest absolute Gasteiger partial charge is 0.346 e. The summed E-state index contributed by atoms with van der Waals surface area (Å²) < 4.78 is 15.9. The summed E-state index contributed by atoms with van der Waals surface area (Å²) in [7, 11) is 0. The summed E-state index contributed by atoms with van der Waals surface area (Å²) in [6.45, 7) is 3.69. The first-order valence-corrected chi connectivity index (χ1v) is 11.2. The molecule has 0 saturated carbocycles. The minimum atomic E-state index is -0.656. The molecule has 0 amide bonds. The van der Waals surface area contributed by atoms with E-state index < -0.39 is 11.9 Å². The Kier molecular flexibility index (Phi) is 7.37. The van der Waals surface area contributed by atoms with E-state index in [1.165, 1.54) is 6.20 Å². The maximum absolute atomic E-state index is 12.9. The van der Waals surface area contributed by atoms with Crippen LogP contribution in [0.15, 0.2) is 65.3 Å².